The zero-order chi connectivity index (χ0) is 25.0. The molecule has 1 fully saturated rings. The van der Waals surface area contributed by atoms with Crippen LogP contribution in [0.2, 0.25) is 0 Å². The fraction of sp³-hybridized carbons (Fsp3) is 0.538. The van der Waals surface area contributed by atoms with Crippen LogP contribution in [0.4, 0.5) is 0 Å². The van der Waals surface area contributed by atoms with Crippen LogP contribution in [0.15, 0.2) is 30.3 Å². The summed E-state index contributed by atoms with van der Waals surface area (Å²) in [7, 11) is 1.59. The number of ether oxygens (including phenoxy) is 2. The van der Waals surface area contributed by atoms with Crippen molar-refractivity contribution in [1.29, 1.82) is 0 Å². The normalized spacial score (nSPS) is 20.7. The first-order chi connectivity index (χ1) is 16.9. The lowest BCUT2D eigenvalue weighted by molar-refractivity contribution is -0.134. The first-order valence-electron chi connectivity index (χ1n) is 12.4. The van der Waals surface area contributed by atoms with Gasteiger partial charge < -0.3 is 19.7 Å². The molecule has 0 bridgehead atoms. The average molecular weight is 483 g/mol. The Morgan fingerprint density at radius 3 is 2.60 bits per heavy atom. The summed E-state index contributed by atoms with van der Waals surface area (Å²) in [4.78, 5) is 41.4. The highest BCUT2D eigenvalue weighted by molar-refractivity contribution is 6.01. The van der Waals surface area contributed by atoms with Gasteiger partial charge in [-0.25, -0.2) is 4.79 Å². The standard InChI is InChI=1S/C26H34N4O5/c1-4-35-24(32)21-15-22-23(31)29(16-18-10-9-13-20(14-18)34-3)26(2,17-30(22)28-21)25(33)27-19-11-7-5-6-8-12-19/h9-10,13-15,19H,4-8,11-12,16-17H2,1-3H3,(H,27,33)/t26-/m0/s1. The molecule has 35 heavy (non-hydrogen) atoms. The molecule has 1 aliphatic heterocycles. The molecular formula is C26H34N4O5. The maximum absolute atomic E-state index is 13.8. The molecule has 1 atom stereocenters. The molecular weight excluding hydrogens is 448 g/mol. The van der Waals surface area contributed by atoms with Crippen LogP contribution in [0.3, 0.4) is 0 Å². The van der Waals surface area contributed by atoms with Crippen LogP contribution in [-0.4, -0.2) is 57.8 Å². The molecule has 0 radical (unpaired) electrons. The topological polar surface area (TPSA) is 103 Å². The van der Waals surface area contributed by atoms with Crippen molar-refractivity contribution in [2.45, 2.75) is 77.0 Å². The van der Waals surface area contributed by atoms with Crippen molar-refractivity contribution in [3.8, 4) is 5.75 Å². The van der Waals surface area contributed by atoms with Gasteiger partial charge in [0.1, 0.15) is 17.0 Å². The molecule has 0 spiro atoms. The predicted molar refractivity (Wildman–Crippen MR) is 129 cm³/mol. The SMILES string of the molecule is CCOC(=O)c1cc2n(n1)C[C@@](C)(C(=O)NC1CCCCCC1)N(Cc1cccc(OC)c1)C2=O. The van der Waals surface area contributed by atoms with Crippen LogP contribution in [0.25, 0.3) is 0 Å². The van der Waals surface area contributed by atoms with E-state index in [1.165, 1.54) is 23.6 Å². The van der Waals surface area contributed by atoms with Gasteiger partial charge in [0.05, 0.1) is 20.3 Å². The van der Waals surface area contributed by atoms with E-state index < -0.39 is 11.5 Å². The Labute approximate surface area is 205 Å². The highest BCUT2D eigenvalue weighted by Gasteiger charge is 2.48. The Morgan fingerprint density at radius 1 is 1.17 bits per heavy atom. The molecule has 0 unspecified atom stereocenters. The third kappa shape index (κ3) is 5.18. The largest absolute Gasteiger partial charge is 0.497 e. The molecule has 188 valence electrons. The molecule has 2 heterocycles. The van der Waals surface area contributed by atoms with E-state index in [9.17, 15) is 14.4 Å². The molecule has 2 aromatic rings. The minimum atomic E-state index is -1.20. The number of aromatic nitrogens is 2. The predicted octanol–water partition coefficient (Wildman–Crippen LogP) is 3.32. The minimum Gasteiger partial charge on any atom is -0.497 e. The minimum absolute atomic E-state index is 0.0601. The lowest BCUT2D eigenvalue weighted by atomic mass is 9.93. The Balaban J connectivity index is 1.68. The molecule has 1 aromatic heterocycles. The number of nitrogens with one attached hydrogen (secondary N) is 1. The van der Waals surface area contributed by atoms with Gasteiger partial charge in [0.25, 0.3) is 5.91 Å². The molecule has 9 heteroatoms. The third-order valence-electron chi connectivity index (χ3n) is 6.94. The first-order valence-corrected chi connectivity index (χ1v) is 12.4. The zero-order valence-electron chi connectivity index (χ0n) is 20.7. The van der Waals surface area contributed by atoms with E-state index in [1.54, 1.807) is 25.9 Å². The van der Waals surface area contributed by atoms with E-state index >= 15 is 0 Å². The quantitative estimate of drug-likeness (QED) is 0.480. The summed E-state index contributed by atoms with van der Waals surface area (Å²) in [6.45, 7) is 4.04. The van der Waals surface area contributed by atoms with Crippen LogP contribution < -0.4 is 10.1 Å². The van der Waals surface area contributed by atoms with E-state index in [-0.39, 0.29) is 48.9 Å². The van der Waals surface area contributed by atoms with Gasteiger partial charge in [0.2, 0.25) is 5.91 Å². The van der Waals surface area contributed by atoms with Gasteiger partial charge in [-0.3, -0.25) is 14.3 Å². The van der Waals surface area contributed by atoms with Crippen molar-refractivity contribution in [1.82, 2.24) is 20.0 Å². The van der Waals surface area contributed by atoms with Crippen molar-refractivity contribution < 1.29 is 23.9 Å². The number of esters is 1. The van der Waals surface area contributed by atoms with Crippen molar-refractivity contribution in [2.24, 2.45) is 0 Å². The number of nitrogens with zero attached hydrogens (tertiary/aromatic N) is 3. The Hall–Kier alpha value is -3.36. The van der Waals surface area contributed by atoms with Crippen molar-refractivity contribution in [2.75, 3.05) is 13.7 Å². The molecule has 2 aliphatic rings. The third-order valence-corrected chi connectivity index (χ3v) is 6.94. The Morgan fingerprint density at radius 2 is 1.91 bits per heavy atom. The van der Waals surface area contributed by atoms with Gasteiger partial charge >= 0.3 is 5.97 Å². The number of hydrogen-bond donors (Lipinski definition) is 1. The van der Waals surface area contributed by atoms with Gasteiger partial charge in [0.15, 0.2) is 5.69 Å². The molecule has 1 saturated carbocycles. The highest BCUT2D eigenvalue weighted by atomic mass is 16.5. The first kappa shape index (κ1) is 24.8. The van der Waals surface area contributed by atoms with E-state index in [0.29, 0.717) is 5.75 Å². The Bertz CT molecular complexity index is 1090. The van der Waals surface area contributed by atoms with Crippen LogP contribution >= 0.6 is 0 Å². The molecule has 9 nitrogen and oxygen atoms in total. The van der Waals surface area contributed by atoms with E-state index in [2.05, 4.69) is 10.4 Å². The molecule has 2 amide bonds. The maximum atomic E-state index is 13.8. The van der Waals surface area contributed by atoms with E-state index in [1.807, 2.05) is 24.3 Å². The van der Waals surface area contributed by atoms with Crippen molar-refractivity contribution in [3.63, 3.8) is 0 Å². The number of rotatable bonds is 7. The van der Waals surface area contributed by atoms with Gasteiger partial charge in [0, 0.05) is 18.7 Å². The van der Waals surface area contributed by atoms with Crippen molar-refractivity contribution in [3.05, 3.63) is 47.3 Å². The van der Waals surface area contributed by atoms with Crippen LogP contribution in [-0.2, 0) is 22.6 Å². The summed E-state index contributed by atoms with van der Waals surface area (Å²) in [5.74, 6) is -0.488. The molecule has 1 aliphatic carbocycles. The van der Waals surface area contributed by atoms with Gasteiger partial charge in [-0.15, -0.1) is 0 Å². The molecule has 1 N–H and O–H groups in total. The Kier molecular flexibility index (Phi) is 7.42. The second-order valence-corrected chi connectivity index (χ2v) is 9.47. The molecule has 4 rings (SSSR count). The fourth-order valence-corrected chi connectivity index (χ4v) is 4.91. The van der Waals surface area contributed by atoms with Crippen LogP contribution in [0.5, 0.6) is 5.75 Å². The lowest BCUT2D eigenvalue weighted by Crippen LogP contribution is -2.64. The maximum Gasteiger partial charge on any atom is 0.358 e. The zero-order valence-corrected chi connectivity index (χ0v) is 20.7. The van der Waals surface area contributed by atoms with Crippen molar-refractivity contribution >= 4 is 17.8 Å². The number of benzene rings is 1. The fourth-order valence-electron chi connectivity index (χ4n) is 4.91. The number of carbonyl (C=O) groups excluding carboxylic acids is 3. The highest BCUT2D eigenvalue weighted by Crippen LogP contribution is 2.31. The van der Waals surface area contributed by atoms with Gasteiger partial charge in [-0.2, -0.15) is 5.10 Å². The summed E-state index contributed by atoms with van der Waals surface area (Å²) in [5, 5.41) is 7.54. The average Bonchev–Trinajstić information content (AvgIpc) is 3.10. The second kappa shape index (κ2) is 10.5. The summed E-state index contributed by atoms with van der Waals surface area (Å²) < 4.78 is 11.9. The van der Waals surface area contributed by atoms with Gasteiger partial charge in [-0.1, -0.05) is 37.8 Å². The number of methoxy groups -OCH3 is 1. The smallest absolute Gasteiger partial charge is 0.358 e. The van der Waals surface area contributed by atoms with Crippen LogP contribution in [0, 0.1) is 0 Å². The molecule has 1 aromatic carbocycles. The monoisotopic (exact) mass is 482 g/mol. The number of amides is 2. The summed E-state index contributed by atoms with van der Waals surface area (Å²) in [6, 6.07) is 8.98. The lowest BCUT2D eigenvalue weighted by Gasteiger charge is -2.44. The van der Waals surface area contributed by atoms with Crippen LogP contribution in [0.1, 0.15) is 78.9 Å². The number of fused-ring (bicyclic) bond motifs is 1. The molecule has 0 saturated heterocycles. The second-order valence-electron chi connectivity index (χ2n) is 9.47. The summed E-state index contributed by atoms with van der Waals surface area (Å²) >= 11 is 0. The van der Waals surface area contributed by atoms with Gasteiger partial charge in [-0.05, 0) is 44.4 Å². The van der Waals surface area contributed by atoms with E-state index in [4.69, 9.17) is 9.47 Å². The number of hydrogen-bond acceptors (Lipinski definition) is 6. The summed E-state index contributed by atoms with van der Waals surface area (Å²) in [6.07, 6.45) is 6.40. The number of carbonyl (C=O) groups is 3. The summed E-state index contributed by atoms with van der Waals surface area (Å²) in [5.41, 5.74) is -0.0392. The van der Waals surface area contributed by atoms with E-state index in [0.717, 1.165) is 31.2 Å².